The highest BCUT2D eigenvalue weighted by atomic mass is 32.2. The smallest absolute Gasteiger partial charge is 0.326 e. The van der Waals surface area contributed by atoms with Crippen LogP contribution in [0.3, 0.4) is 0 Å². The first-order chi connectivity index (χ1) is 8.32. The number of sulfonamides is 1. The van der Waals surface area contributed by atoms with Crippen LogP contribution in [0.5, 0.6) is 0 Å². The van der Waals surface area contributed by atoms with Crippen LogP contribution in [0, 0.1) is 0 Å². The van der Waals surface area contributed by atoms with Gasteiger partial charge in [0.1, 0.15) is 5.54 Å². The minimum absolute atomic E-state index is 0.112. The van der Waals surface area contributed by atoms with Gasteiger partial charge in [0.2, 0.25) is 10.0 Å². The molecule has 0 aromatic rings. The number of nitrogens with zero attached hydrogens (tertiary/aromatic N) is 1. The molecule has 0 bridgehead atoms. The second-order valence-corrected chi connectivity index (χ2v) is 6.36. The number of aliphatic carboxylic acids is 1. The number of likely N-dealkylation sites (tertiary alicyclic amines) is 1. The van der Waals surface area contributed by atoms with Crippen LogP contribution >= 0.6 is 0 Å². The lowest BCUT2D eigenvalue weighted by molar-refractivity contribution is -0.153. The van der Waals surface area contributed by atoms with Gasteiger partial charge in [-0.25, -0.2) is 13.1 Å². The highest BCUT2D eigenvalue weighted by molar-refractivity contribution is 7.88. The molecule has 1 unspecified atom stereocenters. The van der Waals surface area contributed by atoms with Crippen molar-refractivity contribution in [3.63, 3.8) is 0 Å². The van der Waals surface area contributed by atoms with Gasteiger partial charge in [0, 0.05) is 20.2 Å². The lowest BCUT2D eigenvalue weighted by atomic mass is 9.97. The summed E-state index contributed by atoms with van der Waals surface area (Å²) >= 11 is 0. The maximum Gasteiger partial charge on any atom is 0.326 e. The first kappa shape index (κ1) is 15.4. The molecule has 0 aliphatic carbocycles. The van der Waals surface area contributed by atoms with Crippen LogP contribution in [0.15, 0.2) is 0 Å². The first-order valence-electron chi connectivity index (χ1n) is 5.74. The molecule has 0 radical (unpaired) electrons. The van der Waals surface area contributed by atoms with Crippen LogP contribution < -0.4 is 4.72 Å². The van der Waals surface area contributed by atoms with E-state index in [1.807, 2.05) is 0 Å². The third-order valence-electron chi connectivity index (χ3n) is 3.15. The molecule has 1 aliphatic rings. The molecule has 1 rings (SSSR count). The van der Waals surface area contributed by atoms with Crippen LogP contribution in [0.4, 0.5) is 0 Å². The van der Waals surface area contributed by atoms with Crippen molar-refractivity contribution in [3.05, 3.63) is 0 Å². The molecule has 1 fully saturated rings. The van der Waals surface area contributed by atoms with Crippen LogP contribution in [0.1, 0.15) is 12.8 Å². The van der Waals surface area contributed by atoms with Crippen LogP contribution in [-0.2, 0) is 19.6 Å². The Bertz CT molecular complexity index is 397. The second kappa shape index (κ2) is 5.96. The SMILES string of the molecule is COCC1(C(=O)O)CCCN1CCNS(C)(=O)=O. The topological polar surface area (TPSA) is 95.9 Å². The van der Waals surface area contributed by atoms with E-state index in [4.69, 9.17) is 4.74 Å². The number of rotatable bonds is 7. The number of hydrogen-bond donors (Lipinski definition) is 2. The number of carboxylic acid groups (broad SMARTS) is 1. The second-order valence-electron chi connectivity index (χ2n) is 4.53. The molecule has 1 atom stereocenters. The van der Waals surface area contributed by atoms with Gasteiger partial charge in [-0.15, -0.1) is 0 Å². The molecule has 0 spiro atoms. The Morgan fingerprint density at radius 2 is 2.22 bits per heavy atom. The van der Waals surface area contributed by atoms with E-state index in [0.717, 1.165) is 12.7 Å². The summed E-state index contributed by atoms with van der Waals surface area (Å²) in [6.45, 7) is 1.32. The molecule has 0 amide bonds. The molecular weight excluding hydrogens is 260 g/mol. The lowest BCUT2D eigenvalue weighted by Gasteiger charge is -2.33. The summed E-state index contributed by atoms with van der Waals surface area (Å²) in [5.74, 6) is -0.916. The average Bonchev–Trinajstić information content (AvgIpc) is 2.61. The Balaban J connectivity index is 2.65. The number of nitrogens with one attached hydrogen (secondary N) is 1. The normalized spacial score (nSPS) is 25.4. The number of ether oxygens (including phenoxy) is 1. The lowest BCUT2D eigenvalue weighted by Crippen LogP contribution is -2.55. The van der Waals surface area contributed by atoms with E-state index in [1.54, 1.807) is 4.90 Å². The van der Waals surface area contributed by atoms with Crippen LogP contribution in [-0.4, -0.2) is 69.5 Å². The highest BCUT2D eigenvalue weighted by Gasteiger charge is 2.47. The predicted molar refractivity (Wildman–Crippen MR) is 65.9 cm³/mol. The third kappa shape index (κ3) is 3.64. The Hall–Kier alpha value is -0.700. The average molecular weight is 280 g/mol. The molecular formula is C10H20N2O5S. The maximum absolute atomic E-state index is 11.4. The molecule has 1 heterocycles. The summed E-state index contributed by atoms with van der Waals surface area (Å²) in [7, 11) is -1.77. The summed E-state index contributed by atoms with van der Waals surface area (Å²) in [5, 5.41) is 9.36. The van der Waals surface area contributed by atoms with Crippen molar-refractivity contribution in [2.24, 2.45) is 0 Å². The van der Waals surface area contributed by atoms with Gasteiger partial charge in [-0.05, 0) is 19.4 Å². The standard InChI is InChI=1S/C10H20N2O5S/c1-17-8-10(9(13)14)4-3-6-12(10)7-5-11-18(2,15)16/h11H,3-8H2,1-2H3,(H,13,14). The molecule has 0 saturated carbocycles. The molecule has 1 saturated heterocycles. The molecule has 0 aromatic carbocycles. The molecule has 1 aliphatic heterocycles. The van der Waals surface area contributed by atoms with E-state index in [9.17, 15) is 18.3 Å². The number of hydrogen-bond acceptors (Lipinski definition) is 5. The predicted octanol–water partition coefficient (Wildman–Crippen LogP) is -0.899. The monoisotopic (exact) mass is 280 g/mol. The van der Waals surface area contributed by atoms with E-state index < -0.39 is 21.5 Å². The van der Waals surface area contributed by atoms with Crippen molar-refractivity contribution in [1.82, 2.24) is 9.62 Å². The summed E-state index contributed by atoms with van der Waals surface area (Å²) < 4.78 is 29.3. The van der Waals surface area contributed by atoms with Gasteiger partial charge in [-0.2, -0.15) is 0 Å². The zero-order valence-electron chi connectivity index (χ0n) is 10.7. The van der Waals surface area contributed by atoms with E-state index >= 15 is 0 Å². The van der Waals surface area contributed by atoms with Crippen molar-refractivity contribution < 1.29 is 23.1 Å². The number of carboxylic acids is 1. The highest BCUT2D eigenvalue weighted by Crippen LogP contribution is 2.29. The number of methoxy groups -OCH3 is 1. The van der Waals surface area contributed by atoms with Crippen molar-refractivity contribution >= 4 is 16.0 Å². The Morgan fingerprint density at radius 3 is 2.72 bits per heavy atom. The van der Waals surface area contributed by atoms with Crippen LogP contribution in [0.2, 0.25) is 0 Å². The van der Waals surface area contributed by atoms with Crippen molar-refractivity contribution in [2.75, 3.05) is 39.6 Å². The summed E-state index contributed by atoms with van der Waals surface area (Å²) in [6, 6.07) is 0. The zero-order chi connectivity index (χ0) is 13.8. The summed E-state index contributed by atoms with van der Waals surface area (Å²) in [6.07, 6.45) is 2.38. The molecule has 7 nitrogen and oxygen atoms in total. The van der Waals surface area contributed by atoms with Gasteiger partial charge in [0.05, 0.1) is 12.9 Å². The number of carbonyl (C=O) groups is 1. The third-order valence-corrected chi connectivity index (χ3v) is 3.88. The van der Waals surface area contributed by atoms with Crippen molar-refractivity contribution in [1.29, 1.82) is 0 Å². The largest absolute Gasteiger partial charge is 0.480 e. The van der Waals surface area contributed by atoms with Crippen molar-refractivity contribution in [3.8, 4) is 0 Å². The fourth-order valence-electron chi connectivity index (χ4n) is 2.33. The zero-order valence-corrected chi connectivity index (χ0v) is 11.5. The van der Waals surface area contributed by atoms with E-state index in [0.29, 0.717) is 19.5 Å². The Labute approximate surface area is 107 Å². The maximum atomic E-state index is 11.4. The minimum Gasteiger partial charge on any atom is -0.480 e. The molecule has 0 aromatic heterocycles. The van der Waals surface area contributed by atoms with Gasteiger partial charge in [0.15, 0.2) is 0 Å². The fourth-order valence-corrected chi connectivity index (χ4v) is 2.79. The van der Waals surface area contributed by atoms with Gasteiger partial charge < -0.3 is 9.84 Å². The molecule has 8 heteroatoms. The van der Waals surface area contributed by atoms with Crippen LogP contribution in [0.25, 0.3) is 0 Å². The molecule has 18 heavy (non-hydrogen) atoms. The molecule has 2 N–H and O–H groups in total. The van der Waals surface area contributed by atoms with Gasteiger partial charge in [-0.3, -0.25) is 9.69 Å². The van der Waals surface area contributed by atoms with E-state index in [-0.39, 0.29) is 13.2 Å². The Kier molecular flexibility index (Phi) is 5.09. The van der Waals surface area contributed by atoms with Gasteiger partial charge in [-0.1, -0.05) is 0 Å². The van der Waals surface area contributed by atoms with E-state index in [1.165, 1.54) is 7.11 Å². The van der Waals surface area contributed by atoms with Gasteiger partial charge >= 0.3 is 5.97 Å². The quantitative estimate of drug-likeness (QED) is 0.627. The first-order valence-corrected chi connectivity index (χ1v) is 7.63. The van der Waals surface area contributed by atoms with Crippen molar-refractivity contribution in [2.45, 2.75) is 18.4 Å². The molecule has 106 valence electrons. The van der Waals surface area contributed by atoms with E-state index in [2.05, 4.69) is 4.72 Å². The fraction of sp³-hybridized carbons (Fsp3) is 0.900. The summed E-state index contributed by atoms with van der Waals surface area (Å²) in [5.41, 5.74) is -1.02. The van der Waals surface area contributed by atoms with Gasteiger partial charge in [0.25, 0.3) is 0 Å². The summed E-state index contributed by atoms with van der Waals surface area (Å²) in [4.78, 5) is 13.2. The minimum atomic E-state index is -3.24. The Morgan fingerprint density at radius 1 is 1.56 bits per heavy atom.